The molecule has 0 fully saturated rings. The summed E-state index contributed by atoms with van der Waals surface area (Å²) in [5, 5.41) is 7.74. The maximum absolute atomic E-state index is 13.1. The van der Waals surface area contributed by atoms with Crippen LogP contribution in [0.3, 0.4) is 0 Å². The van der Waals surface area contributed by atoms with Gasteiger partial charge >= 0.3 is 0 Å². The molecule has 0 aliphatic rings. The lowest BCUT2D eigenvalue weighted by atomic mass is 9.90. The Labute approximate surface area is 167 Å². The molecule has 0 saturated carbocycles. The molecule has 5 aromatic carbocycles. The van der Waals surface area contributed by atoms with E-state index >= 15 is 0 Å². The highest BCUT2D eigenvalue weighted by molar-refractivity contribution is 7.87. The molecule has 28 heavy (non-hydrogen) atoms. The van der Waals surface area contributed by atoms with Crippen LogP contribution in [0.4, 0.5) is 0 Å². The molecule has 0 N–H and O–H groups in total. The van der Waals surface area contributed by atoms with E-state index in [2.05, 4.69) is 6.07 Å². The molecule has 0 saturated heterocycles. The molecule has 0 atom stereocenters. The highest BCUT2D eigenvalue weighted by Gasteiger charge is 2.26. The molecule has 140 valence electrons. The predicted octanol–water partition coefficient (Wildman–Crippen LogP) is 6.51. The van der Waals surface area contributed by atoms with Crippen molar-refractivity contribution in [3.63, 3.8) is 0 Å². The molecule has 0 spiro atoms. The van der Waals surface area contributed by atoms with Crippen molar-refractivity contribution in [3.05, 3.63) is 65.7 Å². The van der Waals surface area contributed by atoms with Crippen molar-refractivity contribution in [3.8, 4) is 0 Å². The molecule has 5 rings (SSSR count). The van der Waals surface area contributed by atoms with Crippen LogP contribution in [0, 0.1) is 0 Å². The number of rotatable bonds is 4. The molecule has 3 nitrogen and oxygen atoms in total. The van der Waals surface area contributed by atoms with Crippen LogP contribution in [-0.2, 0) is 14.3 Å². The highest BCUT2D eigenvalue weighted by Crippen LogP contribution is 2.45. The third-order valence-electron chi connectivity index (χ3n) is 5.23. The lowest BCUT2D eigenvalue weighted by Gasteiger charge is -2.18. The van der Waals surface area contributed by atoms with E-state index in [4.69, 9.17) is 15.8 Å². The standard InChI is InChI=1S/C23H17ClO3S/c1-2-12-27-28(25,26)23-19(24)13-15-8-5-10-17-16-9-3-6-14-7-4-11-18(20(14)16)22(23)21(15)17/h3-11,13H,2,12H2,1H3. The second kappa shape index (κ2) is 6.31. The Hall–Kier alpha value is -2.40. The molecule has 5 heteroatoms. The van der Waals surface area contributed by atoms with Crippen molar-refractivity contribution in [2.45, 2.75) is 18.2 Å². The summed E-state index contributed by atoms with van der Waals surface area (Å²) in [6.07, 6.45) is 0.601. The lowest BCUT2D eigenvalue weighted by molar-refractivity contribution is 0.318. The minimum Gasteiger partial charge on any atom is -0.266 e. The number of hydrogen-bond acceptors (Lipinski definition) is 3. The Balaban J connectivity index is 2.11. The van der Waals surface area contributed by atoms with E-state index in [0.717, 1.165) is 37.7 Å². The first-order chi connectivity index (χ1) is 13.5. The molecular formula is C23H17ClO3S. The monoisotopic (exact) mass is 408 g/mol. The zero-order chi connectivity index (χ0) is 19.5. The third-order valence-corrected chi connectivity index (χ3v) is 7.04. The van der Waals surface area contributed by atoms with Crippen molar-refractivity contribution >= 4 is 64.8 Å². The van der Waals surface area contributed by atoms with Gasteiger partial charge in [0, 0.05) is 5.39 Å². The van der Waals surface area contributed by atoms with Gasteiger partial charge in [0.25, 0.3) is 10.1 Å². The van der Waals surface area contributed by atoms with Crippen LogP contribution in [0.1, 0.15) is 13.3 Å². The maximum atomic E-state index is 13.1. The summed E-state index contributed by atoms with van der Waals surface area (Å²) in [5.41, 5.74) is 0. The van der Waals surface area contributed by atoms with Crippen LogP contribution < -0.4 is 0 Å². The van der Waals surface area contributed by atoms with Crippen molar-refractivity contribution in [1.29, 1.82) is 0 Å². The van der Waals surface area contributed by atoms with E-state index in [1.807, 2.05) is 55.5 Å². The molecule has 0 heterocycles. The SMILES string of the molecule is CCCOS(=O)(=O)c1c(Cl)cc2cccc3c4cccc5cccc(c1c23)c54. The highest BCUT2D eigenvalue weighted by atomic mass is 35.5. The minimum absolute atomic E-state index is 0.0598. The van der Waals surface area contributed by atoms with Gasteiger partial charge in [-0.1, -0.05) is 73.1 Å². The van der Waals surface area contributed by atoms with Crippen molar-refractivity contribution in [2.24, 2.45) is 0 Å². The number of halogens is 1. The number of benzene rings is 5. The van der Waals surface area contributed by atoms with E-state index in [-0.39, 0.29) is 16.5 Å². The molecule has 0 aliphatic carbocycles. The Morgan fingerprint density at radius 1 is 0.821 bits per heavy atom. The molecule has 0 aromatic heterocycles. The largest absolute Gasteiger partial charge is 0.299 e. The van der Waals surface area contributed by atoms with Crippen molar-refractivity contribution in [2.75, 3.05) is 6.61 Å². The second-order valence-corrected chi connectivity index (χ2v) is 8.91. The summed E-state index contributed by atoms with van der Waals surface area (Å²) in [4.78, 5) is 0.0598. The van der Waals surface area contributed by atoms with Crippen LogP contribution in [-0.4, -0.2) is 15.0 Å². The van der Waals surface area contributed by atoms with Gasteiger partial charge in [-0.05, 0) is 50.2 Å². The molecule has 0 amide bonds. The zero-order valence-electron chi connectivity index (χ0n) is 15.2. The smallest absolute Gasteiger partial charge is 0.266 e. The van der Waals surface area contributed by atoms with Gasteiger partial charge < -0.3 is 0 Å². The zero-order valence-corrected chi connectivity index (χ0v) is 16.8. The first-order valence-electron chi connectivity index (χ1n) is 9.20. The minimum atomic E-state index is -4.00. The van der Waals surface area contributed by atoms with Crippen LogP contribution in [0.25, 0.3) is 43.1 Å². The van der Waals surface area contributed by atoms with Crippen LogP contribution >= 0.6 is 11.6 Å². The summed E-state index contributed by atoms with van der Waals surface area (Å²) >= 11 is 6.53. The Kier molecular flexibility index (Phi) is 3.98. The van der Waals surface area contributed by atoms with Gasteiger partial charge in [-0.25, -0.2) is 0 Å². The van der Waals surface area contributed by atoms with Gasteiger partial charge in [-0.3, -0.25) is 4.18 Å². The van der Waals surface area contributed by atoms with Crippen LogP contribution in [0.5, 0.6) is 0 Å². The Bertz CT molecular complexity index is 1470. The summed E-state index contributed by atoms with van der Waals surface area (Å²) in [5.74, 6) is 0. The first kappa shape index (κ1) is 17.7. The van der Waals surface area contributed by atoms with Crippen LogP contribution in [0.15, 0.2) is 65.6 Å². The van der Waals surface area contributed by atoms with E-state index < -0.39 is 10.1 Å². The quantitative estimate of drug-likeness (QED) is 0.193. The summed E-state index contributed by atoms with van der Waals surface area (Å²) in [6.45, 7) is 2.00. The van der Waals surface area contributed by atoms with Crippen molar-refractivity contribution in [1.82, 2.24) is 0 Å². The fourth-order valence-electron chi connectivity index (χ4n) is 4.16. The van der Waals surface area contributed by atoms with Gasteiger partial charge in [0.2, 0.25) is 0 Å². The molecule has 0 unspecified atom stereocenters. The fraction of sp³-hybridized carbons (Fsp3) is 0.130. The Morgan fingerprint density at radius 2 is 1.43 bits per heavy atom. The van der Waals surface area contributed by atoms with Gasteiger partial charge in [0.1, 0.15) is 4.90 Å². The molecule has 5 aromatic rings. The second-order valence-electron chi connectivity index (χ2n) is 6.95. The van der Waals surface area contributed by atoms with E-state index in [9.17, 15) is 8.42 Å². The third kappa shape index (κ3) is 2.42. The number of fused-ring (bicyclic) bond motifs is 2. The first-order valence-corrected chi connectivity index (χ1v) is 11.0. The molecular weight excluding hydrogens is 392 g/mol. The summed E-state index contributed by atoms with van der Waals surface area (Å²) in [6, 6.07) is 19.8. The van der Waals surface area contributed by atoms with Gasteiger partial charge in [-0.2, -0.15) is 8.42 Å². The average Bonchev–Trinajstić information content (AvgIpc) is 2.69. The van der Waals surface area contributed by atoms with E-state index in [1.165, 1.54) is 0 Å². The Morgan fingerprint density at radius 3 is 2.11 bits per heavy atom. The van der Waals surface area contributed by atoms with Gasteiger partial charge in [0.05, 0.1) is 11.6 Å². The van der Waals surface area contributed by atoms with Crippen molar-refractivity contribution < 1.29 is 12.6 Å². The van der Waals surface area contributed by atoms with E-state index in [0.29, 0.717) is 11.8 Å². The van der Waals surface area contributed by atoms with Gasteiger partial charge in [0.15, 0.2) is 0 Å². The molecule has 0 aliphatic heterocycles. The fourth-order valence-corrected chi connectivity index (χ4v) is 5.92. The molecule has 0 bridgehead atoms. The topological polar surface area (TPSA) is 43.4 Å². The summed E-state index contributed by atoms with van der Waals surface area (Å²) in [7, 11) is -4.00. The van der Waals surface area contributed by atoms with Crippen LogP contribution in [0.2, 0.25) is 5.02 Å². The number of hydrogen-bond donors (Lipinski definition) is 0. The molecule has 0 radical (unpaired) electrons. The lowest BCUT2D eigenvalue weighted by Crippen LogP contribution is -2.09. The predicted molar refractivity (Wildman–Crippen MR) is 116 cm³/mol. The average molecular weight is 409 g/mol. The normalized spacial score (nSPS) is 12.6. The van der Waals surface area contributed by atoms with E-state index in [1.54, 1.807) is 6.07 Å². The summed E-state index contributed by atoms with van der Waals surface area (Å²) < 4.78 is 31.5. The van der Waals surface area contributed by atoms with Gasteiger partial charge in [-0.15, -0.1) is 0 Å². The maximum Gasteiger partial charge on any atom is 0.299 e.